The number of aromatic amines is 1. The number of anilines is 1. The number of nitrogens with one attached hydrogen (secondary N) is 2. The Kier molecular flexibility index (Phi) is 4.95. The first-order valence-electron chi connectivity index (χ1n) is 7.87. The number of carbonyl (C=O) groups excluding carboxylic acids is 1. The van der Waals surface area contributed by atoms with Crippen LogP contribution in [-0.4, -0.2) is 18.1 Å². The van der Waals surface area contributed by atoms with E-state index < -0.39 is 11.5 Å². The third-order valence-corrected chi connectivity index (χ3v) is 4.43. The van der Waals surface area contributed by atoms with Gasteiger partial charge in [-0.15, -0.1) is 0 Å². The van der Waals surface area contributed by atoms with Gasteiger partial charge in [-0.25, -0.2) is 9.18 Å². The van der Waals surface area contributed by atoms with Crippen LogP contribution in [-0.2, 0) is 4.74 Å². The number of carbonyl (C=O) groups is 1. The summed E-state index contributed by atoms with van der Waals surface area (Å²) in [6.07, 6.45) is 0. The van der Waals surface area contributed by atoms with Crippen LogP contribution in [0.3, 0.4) is 0 Å². The van der Waals surface area contributed by atoms with Crippen molar-refractivity contribution in [3.63, 3.8) is 0 Å². The molecule has 26 heavy (non-hydrogen) atoms. The highest BCUT2D eigenvalue weighted by Crippen LogP contribution is 2.31. The number of fused-ring (bicyclic) bond motifs is 1. The number of ether oxygens (including phenoxy) is 1. The fourth-order valence-electron chi connectivity index (χ4n) is 2.78. The predicted octanol–water partition coefficient (Wildman–Crippen LogP) is 4.28. The van der Waals surface area contributed by atoms with E-state index in [0.29, 0.717) is 21.6 Å². The molecule has 3 aromatic rings. The summed E-state index contributed by atoms with van der Waals surface area (Å²) in [6, 6.07) is 10.8. The molecule has 2 N–H and O–H groups in total. The first kappa shape index (κ1) is 17.9. The van der Waals surface area contributed by atoms with E-state index in [4.69, 9.17) is 16.3 Å². The molecule has 0 aliphatic carbocycles. The van der Waals surface area contributed by atoms with Crippen LogP contribution >= 0.6 is 11.6 Å². The van der Waals surface area contributed by atoms with Gasteiger partial charge in [0.2, 0.25) is 0 Å². The Labute approximate surface area is 153 Å². The molecule has 0 fully saturated rings. The Balaban J connectivity index is 2.18. The van der Waals surface area contributed by atoms with Crippen molar-refractivity contribution in [2.45, 2.75) is 13.0 Å². The second kappa shape index (κ2) is 7.17. The number of rotatable bonds is 4. The average Bonchev–Trinajstić information content (AvgIpc) is 2.62. The van der Waals surface area contributed by atoms with Crippen LogP contribution in [0.1, 0.15) is 28.9 Å². The van der Waals surface area contributed by atoms with Crippen LogP contribution in [0, 0.1) is 5.82 Å². The zero-order valence-electron chi connectivity index (χ0n) is 14.1. The van der Waals surface area contributed by atoms with Crippen LogP contribution in [0.15, 0.2) is 47.3 Å². The summed E-state index contributed by atoms with van der Waals surface area (Å²) in [5.41, 5.74) is 0.774. The lowest BCUT2D eigenvalue weighted by atomic mass is 10.0. The zero-order chi connectivity index (χ0) is 18.8. The summed E-state index contributed by atoms with van der Waals surface area (Å²) in [7, 11) is 1.21. The molecule has 0 amide bonds. The van der Waals surface area contributed by atoms with Crippen LogP contribution in [0.2, 0.25) is 5.02 Å². The van der Waals surface area contributed by atoms with Crippen molar-refractivity contribution in [2.24, 2.45) is 0 Å². The monoisotopic (exact) mass is 374 g/mol. The van der Waals surface area contributed by atoms with Crippen LogP contribution in [0.5, 0.6) is 0 Å². The topological polar surface area (TPSA) is 71.2 Å². The van der Waals surface area contributed by atoms with Gasteiger partial charge >= 0.3 is 5.97 Å². The van der Waals surface area contributed by atoms with E-state index in [1.807, 2.05) is 6.92 Å². The smallest absolute Gasteiger partial charge is 0.345 e. The summed E-state index contributed by atoms with van der Waals surface area (Å²) in [4.78, 5) is 27.3. The van der Waals surface area contributed by atoms with E-state index >= 15 is 0 Å². The molecule has 0 aliphatic rings. The first-order valence-corrected chi connectivity index (χ1v) is 8.25. The van der Waals surface area contributed by atoms with E-state index in [9.17, 15) is 14.0 Å². The Bertz CT molecular complexity index is 1030. The van der Waals surface area contributed by atoms with Crippen molar-refractivity contribution >= 4 is 34.2 Å². The molecule has 0 saturated heterocycles. The molecular weight excluding hydrogens is 359 g/mol. The van der Waals surface area contributed by atoms with Crippen molar-refractivity contribution in [1.29, 1.82) is 0 Å². The largest absolute Gasteiger partial charge is 0.465 e. The van der Waals surface area contributed by atoms with Gasteiger partial charge in [-0.05, 0) is 30.7 Å². The Hall–Kier alpha value is -2.86. The highest BCUT2D eigenvalue weighted by atomic mass is 35.5. The van der Waals surface area contributed by atoms with Gasteiger partial charge in [0, 0.05) is 11.4 Å². The number of esters is 1. The number of hydrogen-bond acceptors (Lipinski definition) is 4. The molecule has 134 valence electrons. The summed E-state index contributed by atoms with van der Waals surface area (Å²) in [5, 5.41) is 4.10. The summed E-state index contributed by atoms with van der Waals surface area (Å²) in [6.45, 7) is 1.84. The molecular formula is C19H16ClFN2O3. The molecule has 0 saturated carbocycles. The number of benzene rings is 2. The molecule has 5 nitrogen and oxygen atoms in total. The number of H-pyrrole nitrogens is 1. The van der Waals surface area contributed by atoms with E-state index in [0.717, 1.165) is 5.56 Å². The number of aromatic nitrogens is 1. The standard InChI is InChI=1S/C19H16ClFN2O3/c1-10(11-6-8-12(21)9-7-11)22-17-13-4-3-5-14(20)16(13)23-18(24)15(17)19(25)26-2/h3-10H,1-2H3,(H2,22,23,24)/t10-/m1/s1. The first-order chi connectivity index (χ1) is 12.4. The fourth-order valence-corrected chi connectivity index (χ4v) is 3.00. The van der Waals surface area contributed by atoms with Crippen LogP contribution < -0.4 is 10.9 Å². The minimum atomic E-state index is -0.762. The molecule has 0 aliphatic heterocycles. The minimum absolute atomic E-state index is 0.142. The van der Waals surface area contributed by atoms with E-state index in [2.05, 4.69) is 10.3 Å². The Morgan fingerprint density at radius 3 is 2.58 bits per heavy atom. The predicted molar refractivity (Wildman–Crippen MR) is 99.4 cm³/mol. The van der Waals surface area contributed by atoms with E-state index in [1.165, 1.54) is 19.2 Å². The van der Waals surface area contributed by atoms with Gasteiger partial charge in [0.05, 0.1) is 23.3 Å². The number of methoxy groups -OCH3 is 1. The van der Waals surface area contributed by atoms with Gasteiger partial charge in [0.25, 0.3) is 5.56 Å². The van der Waals surface area contributed by atoms with Gasteiger partial charge < -0.3 is 15.0 Å². The number of para-hydroxylation sites is 1. The molecule has 0 unspecified atom stereocenters. The highest BCUT2D eigenvalue weighted by molar-refractivity contribution is 6.35. The third kappa shape index (κ3) is 3.28. The van der Waals surface area contributed by atoms with Crippen LogP contribution in [0.25, 0.3) is 10.9 Å². The molecule has 1 heterocycles. The van der Waals surface area contributed by atoms with Gasteiger partial charge in [-0.2, -0.15) is 0 Å². The van der Waals surface area contributed by atoms with Crippen molar-refractivity contribution in [2.75, 3.05) is 12.4 Å². The molecule has 1 aromatic heterocycles. The molecule has 7 heteroatoms. The third-order valence-electron chi connectivity index (χ3n) is 4.12. The van der Waals surface area contributed by atoms with Crippen molar-refractivity contribution in [3.8, 4) is 0 Å². The molecule has 3 rings (SSSR count). The highest BCUT2D eigenvalue weighted by Gasteiger charge is 2.22. The van der Waals surface area contributed by atoms with Gasteiger partial charge in [-0.1, -0.05) is 35.9 Å². The maximum Gasteiger partial charge on any atom is 0.345 e. The van der Waals surface area contributed by atoms with Crippen molar-refractivity contribution in [3.05, 3.63) is 74.8 Å². The van der Waals surface area contributed by atoms with Crippen molar-refractivity contribution in [1.82, 2.24) is 4.98 Å². The molecule has 2 aromatic carbocycles. The maximum absolute atomic E-state index is 13.2. The van der Waals surface area contributed by atoms with Crippen molar-refractivity contribution < 1.29 is 13.9 Å². The van der Waals surface area contributed by atoms with Gasteiger partial charge in [0.15, 0.2) is 0 Å². The fraction of sp³-hybridized carbons (Fsp3) is 0.158. The summed E-state index contributed by atoms with van der Waals surface area (Å²) < 4.78 is 17.9. The SMILES string of the molecule is COC(=O)c1c(N[C@H](C)c2ccc(F)cc2)c2cccc(Cl)c2[nH]c1=O. The van der Waals surface area contributed by atoms with E-state index in [-0.39, 0.29) is 17.4 Å². The zero-order valence-corrected chi connectivity index (χ0v) is 14.9. The quantitative estimate of drug-likeness (QED) is 0.669. The van der Waals surface area contributed by atoms with Gasteiger partial charge in [0.1, 0.15) is 11.4 Å². The second-order valence-corrected chi connectivity index (χ2v) is 6.18. The van der Waals surface area contributed by atoms with E-state index in [1.54, 1.807) is 30.3 Å². The lowest BCUT2D eigenvalue weighted by Gasteiger charge is -2.19. The lowest BCUT2D eigenvalue weighted by Crippen LogP contribution is -2.23. The molecule has 1 atom stereocenters. The summed E-state index contributed by atoms with van der Waals surface area (Å²) in [5.74, 6) is -1.11. The van der Waals surface area contributed by atoms with Crippen LogP contribution in [0.4, 0.5) is 10.1 Å². The average molecular weight is 375 g/mol. The minimum Gasteiger partial charge on any atom is -0.465 e. The number of pyridine rings is 1. The normalized spacial score (nSPS) is 12.0. The number of hydrogen-bond donors (Lipinski definition) is 2. The molecule has 0 bridgehead atoms. The van der Waals surface area contributed by atoms with Gasteiger partial charge in [-0.3, -0.25) is 4.79 Å². The maximum atomic E-state index is 13.2. The summed E-state index contributed by atoms with van der Waals surface area (Å²) >= 11 is 6.18. The Morgan fingerprint density at radius 1 is 1.23 bits per heavy atom. The Morgan fingerprint density at radius 2 is 1.92 bits per heavy atom. The number of halogens is 2. The second-order valence-electron chi connectivity index (χ2n) is 5.78. The molecule has 0 spiro atoms. The lowest BCUT2D eigenvalue weighted by molar-refractivity contribution is 0.0600. The molecule has 0 radical (unpaired) electrons.